The van der Waals surface area contributed by atoms with Gasteiger partial charge in [0.25, 0.3) is 5.69 Å². The molecule has 3 rings (SSSR count). The van der Waals surface area contributed by atoms with Crippen LogP contribution in [0, 0.1) is 17.0 Å². The van der Waals surface area contributed by atoms with E-state index in [0.29, 0.717) is 11.1 Å². The van der Waals surface area contributed by atoms with Crippen LogP contribution in [0.5, 0.6) is 0 Å². The normalized spacial score (nSPS) is 10.9. The summed E-state index contributed by atoms with van der Waals surface area (Å²) in [5, 5.41) is 11.0. The SMILES string of the molecule is Cc1cc2c(cc1[N+](=O)[O-])nc(-c1ccccc1)n2C. The molecule has 0 spiro atoms. The number of hydrogen-bond donors (Lipinski definition) is 0. The van der Waals surface area contributed by atoms with Gasteiger partial charge in [-0.3, -0.25) is 10.1 Å². The molecule has 0 unspecified atom stereocenters. The minimum absolute atomic E-state index is 0.107. The topological polar surface area (TPSA) is 61.0 Å². The monoisotopic (exact) mass is 267 g/mol. The number of nitrogens with zero attached hydrogens (tertiary/aromatic N) is 3. The maximum absolute atomic E-state index is 11.0. The van der Waals surface area contributed by atoms with E-state index in [2.05, 4.69) is 4.98 Å². The fourth-order valence-electron chi connectivity index (χ4n) is 2.37. The van der Waals surface area contributed by atoms with Crippen molar-refractivity contribution < 1.29 is 4.92 Å². The molecular weight excluding hydrogens is 254 g/mol. The first-order valence-electron chi connectivity index (χ1n) is 6.25. The standard InChI is InChI=1S/C15H13N3O2/c1-10-8-14-12(9-13(10)18(19)20)16-15(17(14)2)11-6-4-3-5-7-11/h3-9H,1-2H3. The number of hydrogen-bond acceptors (Lipinski definition) is 3. The van der Waals surface area contributed by atoms with Crippen LogP contribution in [0.4, 0.5) is 5.69 Å². The predicted molar refractivity (Wildman–Crippen MR) is 77.5 cm³/mol. The third-order valence-corrected chi connectivity index (χ3v) is 3.43. The van der Waals surface area contributed by atoms with Gasteiger partial charge in [0.15, 0.2) is 0 Å². The Balaban J connectivity index is 2.28. The zero-order valence-electron chi connectivity index (χ0n) is 11.2. The van der Waals surface area contributed by atoms with E-state index in [0.717, 1.165) is 16.9 Å². The average Bonchev–Trinajstić information content (AvgIpc) is 2.76. The molecule has 0 aliphatic rings. The number of imidazole rings is 1. The highest BCUT2D eigenvalue weighted by Crippen LogP contribution is 2.28. The van der Waals surface area contributed by atoms with Crippen LogP contribution in [0.15, 0.2) is 42.5 Å². The van der Waals surface area contributed by atoms with Gasteiger partial charge in [-0.15, -0.1) is 0 Å². The number of nitro benzene ring substituents is 1. The first-order valence-corrected chi connectivity index (χ1v) is 6.25. The van der Waals surface area contributed by atoms with Gasteiger partial charge in [-0.05, 0) is 13.0 Å². The molecule has 2 aromatic carbocycles. The van der Waals surface area contributed by atoms with Crippen molar-refractivity contribution in [3.05, 3.63) is 58.1 Å². The van der Waals surface area contributed by atoms with Gasteiger partial charge in [-0.25, -0.2) is 4.98 Å². The lowest BCUT2D eigenvalue weighted by Gasteiger charge is -2.02. The van der Waals surface area contributed by atoms with Crippen molar-refractivity contribution in [1.29, 1.82) is 0 Å². The largest absolute Gasteiger partial charge is 0.327 e. The molecule has 0 fully saturated rings. The summed E-state index contributed by atoms with van der Waals surface area (Å²) in [5.74, 6) is 0.806. The van der Waals surface area contributed by atoms with E-state index in [1.54, 1.807) is 6.92 Å². The van der Waals surface area contributed by atoms with Gasteiger partial charge in [-0.2, -0.15) is 0 Å². The maximum Gasteiger partial charge on any atom is 0.274 e. The summed E-state index contributed by atoms with van der Waals surface area (Å²) in [6, 6.07) is 13.1. The lowest BCUT2D eigenvalue weighted by Crippen LogP contribution is -1.94. The molecule has 1 aromatic heterocycles. The molecule has 0 N–H and O–H groups in total. The van der Waals surface area contributed by atoms with E-state index in [-0.39, 0.29) is 10.6 Å². The first kappa shape index (κ1) is 12.3. The van der Waals surface area contributed by atoms with E-state index in [4.69, 9.17) is 0 Å². The minimum atomic E-state index is -0.369. The molecule has 100 valence electrons. The zero-order chi connectivity index (χ0) is 14.3. The quantitative estimate of drug-likeness (QED) is 0.527. The molecule has 1 heterocycles. The van der Waals surface area contributed by atoms with Crippen molar-refractivity contribution in [2.45, 2.75) is 6.92 Å². The Hall–Kier alpha value is -2.69. The third-order valence-electron chi connectivity index (χ3n) is 3.43. The van der Waals surface area contributed by atoms with Crippen molar-refractivity contribution in [2.75, 3.05) is 0 Å². The smallest absolute Gasteiger partial charge is 0.274 e. The van der Waals surface area contributed by atoms with Gasteiger partial charge in [0.05, 0.1) is 16.0 Å². The number of aryl methyl sites for hydroxylation is 2. The van der Waals surface area contributed by atoms with Gasteiger partial charge in [0, 0.05) is 24.2 Å². The molecule has 0 saturated heterocycles. The van der Waals surface area contributed by atoms with Gasteiger partial charge in [0.1, 0.15) is 5.82 Å². The molecule has 20 heavy (non-hydrogen) atoms. The maximum atomic E-state index is 11.0. The molecule has 0 amide bonds. The van der Waals surface area contributed by atoms with Crippen LogP contribution >= 0.6 is 0 Å². The van der Waals surface area contributed by atoms with Crippen LogP contribution in [0.2, 0.25) is 0 Å². The van der Waals surface area contributed by atoms with Crippen molar-refractivity contribution in [3.63, 3.8) is 0 Å². The fraction of sp³-hybridized carbons (Fsp3) is 0.133. The summed E-state index contributed by atoms with van der Waals surface area (Å²) in [6.45, 7) is 1.74. The third kappa shape index (κ3) is 1.84. The first-order chi connectivity index (χ1) is 9.58. The molecule has 5 nitrogen and oxygen atoms in total. The molecule has 0 aliphatic heterocycles. The summed E-state index contributed by atoms with van der Waals surface area (Å²) in [4.78, 5) is 15.2. The average molecular weight is 267 g/mol. The fourth-order valence-corrected chi connectivity index (χ4v) is 2.37. The van der Waals surface area contributed by atoms with E-state index < -0.39 is 0 Å². The van der Waals surface area contributed by atoms with Crippen LogP contribution in [0.1, 0.15) is 5.56 Å². The van der Waals surface area contributed by atoms with Gasteiger partial charge >= 0.3 is 0 Å². The number of nitro groups is 1. The molecule has 0 radical (unpaired) electrons. The molecule has 0 atom stereocenters. The van der Waals surface area contributed by atoms with Crippen LogP contribution in [0.3, 0.4) is 0 Å². The highest BCUT2D eigenvalue weighted by atomic mass is 16.6. The van der Waals surface area contributed by atoms with Crippen LogP contribution in [0.25, 0.3) is 22.4 Å². The van der Waals surface area contributed by atoms with E-state index in [1.165, 1.54) is 6.07 Å². The Morgan fingerprint density at radius 1 is 1.20 bits per heavy atom. The lowest BCUT2D eigenvalue weighted by atomic mass is 10.2. The number of rotatable bonds is 2. The predicted octanol–water partition coefficient (Wildman–Crippen LogP) is 3.46. The van der Waals surface area contributed by atoms with E-state index >= 15 is 0 Å². The summed E-state index contributed by atoms with van der Waals surface area (Å²) in [7, 11) is 1.92. The molecule has 0 bridgehead atoms. The van der Waals surface area contributed by atoms with Crippen LogP contribution < -0.4 is 0 Å². The van der Waals surface area contributed by atoms with E-state index in [1.807, 2.05) is 48.0 Å². The highest BCUT2D eigenvalue weighted by Gasteiger charge is 2.16. The Bertz CT molecular complexity index is 807. The minimum Gasteiger partial charge on any atom is -0.327 e. The van der Waals surface area contributed by atoms with Gasteiger partial charge < -0.3 is 4.57 Å². The lowest BCUT2D eigenvalue weighted by molar-refractivity contribution is -0.385. The molecule has 0 saturated carbocycles. The second-order valence-corrected chi connectivity index (χ2v) is 4.74. The Labute approximate surface area is 115 Å². The summed E-state index contributed by atoms with van der Waals surface area (Å²) in [5.41, 5.74) is 3.28. The van der Waals surface area contributed by atoms with Crippen molar-refractivity contribution in [2.24, 2.45) is 7.05 Å². The van der Waals surface area contributed by atoms with Crippen molar-refractivity contribution >= 4 is 16.7 Å². The van der Waals surface area contributed by atoms with Crippen LogP contribution in [-0.2, 0) is 7.05 Å². The number of aromatic nitrogens is 2. The second-order valence-electron chi connectivity index (χ2n) is 4.74. The summed E-state index contributed by atoms with van der Waals surface area (Å²) in [6.07, 6.45) is 0. The van der Waals surface area contributed by atoms with Gasteiger partial charge in [0.2, 0.25) is 0 Å². The Morgan fingerprint density at radius 3 is 2.55 bits per heavy atom. The molecule has 3 aromatic rings. The van der Waals surface area contributed by atoms with Crippen molar-refractivity contribution in [3.8, 4) is 11.4 Å². The van der Waals surface area contributed by atoms with E-state index in [9.17, 15) is 10.1 Å². The number of benzene rings is 2. The van der Waals surface area contributed by atoms with Crippen LogP contribution in [-0.4, -0.2) is 14.5 Å². The highest BCUT2D eigenvalue weighted by molar-refractivity contribution is 5.83. The molecular formula is C15H13N3O2. The number of fused-ring (bicyclic) bond motifs is 1. The summed E-state index contributed by atoms with van der Waals surface area (Å²) >= 11 is 0. The van der Waals surface area contributed by atoms with Crippen molar-refractivity contribution in [1.82, 2.24) is 9.55 Å². The Kier molecular flexibility index (Phi) is 2.75. The molecule has 0 aliphatic carbocycles. The Morgan fingerprint density at radius 2 is 1.90 bits per heavy atom. The zero-order valence-corrected chi connectivity index (χ0v) is 11.2. The summed E-state index contributed by atoms with van der Waals surface area (Å²) < 4.78 is 1.96. The molecule has 5 heteroatoms. The van der Waals surface area contributed by atoms with Gasteiger partial charge in [-0.1, -0.05) is 30.3 Å². The second kappa shape index (κ2) is 4.45.